The Labute approximate surface area is 102 Å². The fourth-order valence-electron chi connectivity index (χ4n) is 1.70. The van der Waals surface area contributed by atoms with Crippen LogP contribution in [0.15, 0.2) is 18.2 Å². The van der Waals surface area contributed by atoms with Crippen molar-refractivity contribution in [1.82, 2.24) is 0 Å². The molecular formula is C12H17NO3S. The molecule has 17 heavy (non-hydrogen) atoms. The van der Waals surface area contributed by atoms with Crippen LogP contribution in [-0.2, 0) is 16.4 Å². The quantitative estimate of drug-likeness (QED) is 0.877. The number of nitrogens with one attached hydrogen (secondary N) is 1. The topological polar surface area (TPSA) is 55.4 Å². The van der Waals surface area contributed by atoms with Crippen molar-refractivity contribution < 1.29 is 13.2 Å². The highest BCUT2D eigenvalue weighted by atomic mass is 32.2. The van der Waals surface area contributed by atoms with E-state index in [9.17, 15) is 8.42 Å². The molecule has 1 aromatic carbocycles. The van der Waals surface area contributed by atoms with Gasteiger partial charge in [0.1, 0.15) is 5.75 Å². The van der Waals surface area contributed by atoms with Crippen molar-refractivity contribution in [3.8, 4) is 5.75 Å². The third-order valence-corrected chi connectivity index (χ3v) is 3.19. The van der Waals surface area contributed by atoms with Gasteiger partial charge in [-0.25, -0.2) is 8.42 Å². The van der Waals surface area contributed by atoms with Gasteiger partial charge in [-0.05, 0) is 31.4 Å². The van der Waals surface area contributed by atoms with E-state index in [0.29, 0.717) is 11.8 Å². The molecule has 2 rings (SSSR count). The maximum Gasteiger partial charge on any atom is 0.229 e. The Kier molecular flexibility index (Phi) is 3.28. The fraction of sp³-hybridized carbons (Fsp3) is 0.500. The summed E-state index contributed by atoms with van der Waals surface area (Å²) in [5.41, 5.74) is 1.54. The number of sulfonamides is 1. The summed E-state index contributed by atoms with van der Waals surface area (Å²) in [6, 6.07) is 5.47. The van der Waals surface area contributed by atoms with Crippen molar-refractivity contribution in [3.05, 3.63) is 23.8 Å². The summed E-state index contributed by atoms with van der Waals surface area (Å²) >= 11 is 0. The molecule has 0 aromatic heterocycles. The van der Waals surface area contributed by atoms with Crippen molar-refractivity contribution in [2.45, 2.75) is 32.3 Å². The lowest BCUT2D eigenvalue weighted by molar-refractivity contribution is 0.300. The van der Waals surface area contributed by atoms with Gasteiger partial charge < -0.3 is 4.74 Å². The van der Waals surface area contributed by atoms with E-state index in [4.69, 9.17) is 4.74 Å². The second-order valence-corrected chi connectivity index (χ2v) is 6.08. The first-order chi connectivity index (χ1) is 7.99. The summed E-state index contributed by atoms with van der Waals surface area (Å²) in [5, 5.41) is 0. The van der Waals surface area contributed by atoms with Gasteiger partial charge >= 0.3 is 0 Å². The minimum Gasteiger partial charge on any atom is -0.490 e. The Morgan fingerprint density at radius 1 is 1.41 bits per heavy atom. The number of hydrogen-bond donors (Lipinski definition) is 1. The molecule has 1 N–H and O–H groups in total. The van der Waals surface area contributed by atoms with E-state index in [1.807, 2.05) is 19.1 Å². The van der Waals surface area contributed by atoms with Gasteiger partial charge in [0.15, 0.2) is 0 Å². The lowest BCUT2D eigenvalue weighted by atomic mass is 10.1. The lowest BCUT2D eigenvalue weighted by Crippen LogP contribution is -2.12. The first-order valence-electron chi connectivity index (χ1n) is 5.76. The monoisotopic (exact) mass is 255 g/mol. The van der Waals surface area contributed by atoms with Crippen LogP contribution in [0.4, 0.5) is 5.69 Å². The van der Waals surface area contributed by atoms with Gasteiger partial charge in [0.25, 0.3) is 0 Å². The zero-order valence-electron chi connectivity index (χ0n) is 10.1. The summed E-state index contributed by atoms with van der Waals surface area (Å²) in [7, 11) is -3.24. The van der Waals surface area contributed by atoms with Crippen molar-refractivity contribution in [2.75, 3.05) is 11.0 Å². The predicted octanol–water partition coefficient (Wildman–Crippen LogP) is 2.16. The molecule has 1 aliphatic carbocycles. The van der Waals surface area contributed by atoms with E-state index in [1.165, 1.54) is 0 Å². The molecule has 0 heterocycles. The minimum absolute atomic E-state index is 0.314. The van der Waals surface area contributed by atoms with Gasteiger partial charge in [-0.3, -0.25) is 4.72 Å². The van der Waals surface area contributed by atoms with Crippen LogP contribution in [0.2, 0.25) is 0 Å². The van der Waals surface area contributed by atoms with Gasteiger partial charge in [0, 0.05) is 5.56 Å². The second kappa shape index (κ2) is 4.56. The second-order valence-electron chi connectivity index (χ2n) is 4.33. The summed E-state index contributed by atoms with van der Waals surface area (Å²) in [6.07, 6.45) is 4.38. The molecule has 0 spiro atoms. The first kappa shape index (κ1) is 12.2. The summed E-state index contributed by atoms with van der Waals surface area (Å²) in [5.74, 6) is 0.795. The number of rotatable bonds is 5. The predicted molar refractivity (Wildman–Crippen MR) is 67.9 cm³/mol. The number of anilines is 1. The molecule has 0 radical (unpaired) electrons. The van der Waals surface area contributed by atoms with Gasteiger partial charge in [-0.1, -0.05) is 13.0 Å². The maximum atomic E-state index is 11.3. The Bertz CT molecular complexity index is 506. The fourth-order valence-corrected chi connectivity index (χ4v) is 2.29. The van der Waals surface area contributed by atoms with Crippen LogP contribution in [-0.4, -0.2) is 20.8 Å². The Balaban J connectivity index is 2.30. The highest BCUT2D eigenvalue weighted by Crippen LogP contribution is 2.33. The van der Waals surface area contributed by atoms with Crippen molar-refractivity contribution in [3.63, 3.8) is 0 Å². The molecule has 1 saturated carbocycles. The van der Waals surface area contributed by atoms with Gasteiger partial charge in [0.2, 0.25) is 10.0 Å². The smallest absolute Gasteiger partial charge is 0.229 e. The van der Waals surface area contributed by atoms with Crippen molar-refractivity contribution >= 4 is 15.7 Å². The molecule has 1 fully saturated rings. The van der Waals surface area contributed by atoms with Crippen LogP contribution >= 0.6 is 0 Å². The molecule has 0 saturated heterocycles. The Hall–Kier alpha value is -1.23. The molecule has 1 aliphatic rings. The average Bonchev–Trinajstić information content (AvgIpc) is 2.99. The Morgan fingerprint density at radius 2 is 2.12 bits per heavy atom. The van der Waals surface area contributed by atoms with Crippen LogP contribution in [0.1, 0.15) is 25.3 Å². The lowest BCUT2D eigenvalue weighted by Gasteiger charge is -2.14. The highest BCUT2D eigenvalue weighted by Gasteiger charge is 2.25. The molecular weight excluding hydrogens is 238 g/mol. The van der Waals surface area contributed by atoms with Crippen LogP contribution in [0, 0.1) is 0 Å². The number of benzene rings is 1. The third kappa shape index (κ3) is 3.36. The van der Waals surface area contributed by atoms with E-state index in [0.717, 1.165) is 36.8 Å². The van der Waals surface area contributed by atoms with Crippen molar-refractivity contribution in [2.24, 2.45) is 0 Å². The van der Waals surface area contributed by atoms with Crippen molar-refractivity contribution in [1.29, 1.82) is 0 Å². The first-order valence-corrected chi connectivity index (χ1v) is 7.65. The number of ether oxygens (including phenoxy) is 1. The maximum absolute atomic E-state index is 11.3. The van der Waals surface area contributed by atoms with Crippen LogP contribution < -0.4 is 9.46 Å². The van der Waals surface area contributed by atoms with E-state index < -0.39 is 10.0 Å². The molecule has 0 aliphatic heterocycles. The van der Waals surface area contributed by atoms with E-state index >= 15 is 0 Å². The molecule has 1 aromatic rings. The molecule has 0 amide bonds. The number of hydrogen-bond acceptors (Lipinski definition) is 3. The standard InChI is InChI=1S/C12H17NO3S/c1-3-10-11(13-17(2,14)15)5-4-6-12(10)16-9-7-8-9/h4-6,9,13H,3,7-8H2,1-2H3. The summed E-state index contributed by atoms with van der Waals surface area (Å²) < 4.78 is 30.8. The molecule has 0 unspecified atom stereocenters. The minimum atomic E-state index is -3.24. The van der Waals surface area contributed by atoms with E-state index in [2.05, 4.69) is 4.72 Å². The van der Waals surface area contributed by atoms with Crippen LogP contribution in [0.3, 0.4) is 0 Å². The Morgan fingerprint density at radius 3 is 2.65 bits per heavy atom. The third-order valence-electron chi connectivity index (χ3n) is 2.60. The van der Waals surface area contributed by atoms with Crippen LogP contribution in [0.5, 0.6) is 5.75 Å². The highest BCUT2D eigenvalue weighted by molar-refractivity contribution is 7.92. The molecule has 0 atom stereocenters. The molecule has 4 nitrogen and oxygen atoms in total. The average molecular weight is 255 g/mol. The zero-order chi connectivity index (χ0) is 12.5. The SMILES string of the molecule is CCc1c(NS(C)(=O)=O)cccc1OC1CC1. The largest absolute Gasteiger partial charge is 0.490 e. The summed E-state index contributed by atoms with van der Waals surface area (Å²) in [4.78, 5) is 0. The van der Waals surface area contributed by atoms with E-state index in [-0.39, 0.29) is 0 Å². The zero-order valence-corrected chi connectivity index (χ0v) is 10.9. The summed E-state index contributed by atoms with van der Waals surface area (Å²) in [6.45, 7) is 1.99. The molecule has 0 bridgehead atoms. The van der Waals surface area contributed by atoms with Gasteiger partial charge in [-0.2, -0.15) is 0 Å². The normalized spacial score (nSPS) is 15.6. The van der Waals surface area contributed by atoms with Gasteiger partial charge in [-0.15, -0.1) is 0 Å². The van der Waals surface area contributed by atoms with Crippen LogP contribution in [0.25, 0.3) is 0 Å². The van der Waals surface area contributed by atoms with Gasteiger partial charge in [0.05, 0.1) is 18.0 Å². The molecule has 5 heteroatoms. The molecule has 94 valence electrons. The van der Waals surface area contributed by atoms with E-state index in [1.54, 1.807) is 6.07 Å².